The summed E-state index contributed by atoms with van der Waals surface area (Å²) in [7, 11) is 0. The van der Waals surface area contributed by atoms with E-state index in [1.807, 2.05) is 12.1 Å². The zero-order valence-corrected chi connectivity index (χ0v) is 16.1. The molecule has 2 amide bonds. The first kappa shape index (κ1) is 20.6. The van der Waals surface area contributed by atoms with Crippen LogP contribution in [0, 0.1) is 0 Å². The molecule has 2 aromatic rings. The van der Waals surface area contributed by atoms with Crippen LogP contribution >= 0.6 is 11.6 Å². The number of hydrogen-bond donors (Lipinski definition) is 2. The molecule has 144 valence electrons. The fourth-order valence-electron chi connectivity index (χ4n) is 2.28. The smallest absolute Gasteiger partial charge is 0.347 e. The van der Waals surface area contributed by atoms with Crippen LogP contribution in [0.2, 0.25) is 5.02 Å². The van der Waals surface area contributed by atoms with E-state index in [0.717, 1.165) is 5.56 Å². The van der Waals surface area contributed by atoms with Crippen LogP contribution in [-0.4, -0.2) is 31.3 Å². The highest BCUT2D eigenvalue weighted by atomic mass is 35.5. The number of carbonyl (C=O) groups excluding carboxylic acids is 2. The molecular weight excluding hydrogens is 368 g/mol. The standard InChI is InChI=1S/C20H23ClN2O4/c1-3-26-19(24)14(2)27-18-10-4-15(5-11-18)12-13-22-20(25)23-17-8-6-16(21)7-9-17/h4-11,14H,3,12-13H2,1-2H3,(H2,22,23,25). The Balaban J connectivity index is 1.73. The van der Waals surface area contributed by atoms with Crippen LogP contribution < -0.4 is 15.4 Å². The molecule has 2 aromatic carbocycles. The Hall–Kier alpha value is -2.73. The number of amides is 2. The van der Waals surface area contributed by atoms with Gasteiger partial charge in [0, 0.05) is 17.3 Å². The summed E-state index contributed by atoms with van der Waals surface area (Å²) < 4.78 is 10.4. The van der Waals surface area contributed by atoms with Crippen molar-refractivity contribution in [3.05, 3.63) is 59.1 Å². The molecule has 6 nitrogen and oxygen atoms in total. The van der Waals surface area contributed by atoms with E-state index in [-0.39, 0.29) is 6.03 Å². The zero-order chi connectivity index (χ0) is 19.6. The molecule has 0 aromatic heterocycles. The van der Waals surface area contributed by atoms with E-state index in [2.05, 4.69) is 10.6 Å². The first-order valence-corrected chi connectivity index (χ1v) is 9.08. The van der Waals surface area contributed by atoms with Crippen LogP contribution in [0.15, 0.2) is 48.5 Å². The fraction of sp³-hybridized carbons (Fsp3) is 0.300. The van der Waals surface area contributed by atoms with E-state index in [0.29, 0.717) is 36.0 Å². The maximum atomic E-state index is 11.9. The molecule has 2 rings (SSSR count). The van der Waals surface area contributed by atoms with Crippen molar-refractivity contribution >= 4 is 29.3 Å². The van der Waals surface area contributed by atoms with Crippen molar-refractivity contribution in [2.75, 3.05) is 18.5 Å². The lowest BCUT2D eigenvalue weighted by molar-refractivity contribution is -0.150. The number of halogens is 1. The number of anilines is 1. The third-order valence-corrected chi connectivity index (χ3v) is 3.91. The molecule has 0 aliphatic carbocycles. The molecule has 7 heteroatoms. The number of rotatable bonds is 8. The Labute approximate surface area is 163 Å². The van der Waals surface area contributed by atoms with Gasteiger partial charge in [0.1, 0.15) is 5.75 Å². The van der Waals surface area contributed by atoms with E-state index in [1.165, 1.54) is 0 Å². The summed E-state index contributed by atoms with van der Waals surface area (Å²) in [5.74, 6) is 0.199. The van der Waals surface area contributed by atoms with E-state index >= 15 is 0 Å². The van der Waals surface area contributed by atoms with Gasteiger partial charge in [0.2, 0.25) is 0 Å². The molecule has 0 saturated carbocycles. The SMILES string of the molecule is CCOC(=O)C(C)Oc1ccc(CCNC(=O)Nc2ccc(Cl)cc2)cc1. The van der Waals surface area contributed by atoms with E-state index in [9.17, 15) is 9.59 Å². The quantitative estimate of drug-likeness (QED) is 0.667. The maximum Gasteiger partial charge on any atom is 0.347 e. The molecular formula is C20H23ClN2O4. The first-order chi connectivity index (χ1) is 13.0. The lowest BCUT2D eigenvalue weighted by atomic mass is 10.1. The average molecular weight is 391 g/mol. The minimum Gasteiger partial charge on any atom is -0.479 e. The molecule has 2 N–H and O–H groups in total. The number of urea groups is 1. The summed E-state index contributed by atoms with van der Waals surface area (Å²) in [6.45, 7) is 4.21. The van der Waals surface area contributed by atoms with E-state index in [1.54, 1.807) is 50.2 Å². The highest BCUT2D eigenvalue weighted by Crippen LogP contribution is 2.15. The second-order valence-corrected chi connectivity index (χ2v) is 6.23. The number of esters is 1. The second-order valence-electron chi connectivity index (χ2n) is 5.79. The van der Waals surface area contributed by atoms with Gasteiger partial charge in [-0.1, -0.05) is 23.7 Å². The van der Waals surface area contributed by atoms with Gasteiger partial charge in [-0.2, -0.15) is 0 Å². The summed E-state index contributed by atoms with van der Waals surface area (Å²) in [6, 6.07) is 14.0. The van der Waals surface area contributed by atoms with Crippen LogP contribution in [0.4, 0.5) is 10.5 Å². The van der Waals surface area contributed by atoms with Gasteiger partial charge in [-0.25, -0.2) is 9.59 Å². The van der Waals surface area contributed by atoms with Crippen molar-refractivity contribution in [2.45, 2.75) is 26.4 Å². The first-order valence-electron chi connectivity index (χ1n) is 8.70. The Morgan fingerprint density at radius 1 is 1.07 bits per heavy atom. The van der Waals surface area contributed by atoms with Crippen molar-refractivity contribution in [1.29, 1.82) is 0 Å². The predicted octanol–water partition coefficient (Wildman–Crippen LogP) is 4.03. The van der Waals surface area contributed by atoms with Gasteiger partial charge < -0.3 is 20.1 Å². The van der Waals surface area contributed by atoms with Crippen molar-refractivity contribution in [3.63, 3.8) is 0 Å². The van der Waals surface area contributed by atoms with Gasteiger partial charge in [-0.3, -0.25) is 0 Å². The van der Waals surface area contributed by atoms with Gasteiger partial charge in [-0.05, 0) is 62.2 Å². The summed E-state index contributed by atoms with van der Waals surface area (Å²) >= 11 is 5.81. The van der Waals surface area contributed by atoms with Gasteiger partial charge >= 0.3 is 12.0 Å². The summed E-state index contributed by atoms with van der Waals surface area (Å²) in [5, 5.41) is 6.14. The Kier molecular flexibility index (Phi) is 7.95. The van der Waals surface area contributed by atoms with Crippen LogP contribution in [0.3, 0.4) is 0 Å². The molecule has 0 fully saturated rings. The molecule has 0 aliphatic rings. The minimum absolute atomic E-state index is 0.277. The normalized spacial score (nSPS) is 11.4. The summed E-state index contributed by atoms with van der Waals surface area (Å²) in [4.78, 5) is 23.4. The van der Waals surface area contributed by atoms with E-state index in [4.69, 9.17) is 21.1 Å². The maximum absolute atomic E-state index is 11.9. The zero-order valence-electron chi connectivity index (χ0n) is 15.3. The van der Waals surface area contributed by atoms with Gasteiger partial charge in [0.05, 0.1) is 6.61 Å². The second kappa shape index (κ2) is 10.4. The van der Waals surface area contributed by atoms with E-state index < -0.39 is 12.1 Å². The van der Waals surface area contributed by atoms with Crippen molar-refractivity contribution in [3.8, 4) is 5.75 Å². The molecule has 0 saturated heterocycles. The molecule has 0 bridgehead atoms. The Morgan fingerprint density at radius 2 is 1.74 bits per heavy atom. The van der Waals surface area contributed by atoms with Gasteiger partial charge in [0.25, 0.3) is 0 Å². The van der Waals surface area contributed by atoms with Gasteiger partial charge in [0.15, 0.2) is 6.10 Å². The van der Waals surface area contributed by atoms with Crippen LogP contribution in [0.25, 0.3) is 0 Å². The Morgan fingerprint density at radius 3 is 2.37 bits per heavy atom. The predicted molar refractivity (Wildman–Crippen MR) is 105 cm³/mol. The molecule has 0 heterocycles. The van der Waals surface area contributed by atoms with Crippen LogP contribution in [-0.2, 0) is 16.0 Å². The number of carbonyl (C=O) groups is 2. The summed E-state index contributed by atoms with van der Waals surface area (Å²) in [5.41, 5.74) is 1.71. The third-order valence-electron chi connectivity index (χ3n) is 3.66. The average Bonchev–Trinajstić information content (AvgIpc) is 2.65. The van der Waals surface area contributed by atoms with Gasteiger partial charge in [-0.15, -0.1) is 0 Å². The summed E-state index contributed by atoms with van der Waals surface area (Å²) in [6.07, 6.45) is 0.0101. The molecule has 0 aliphatic heterocycles. The number of nitrogens with one attached hydrogen (secondary N) is 2. The highest BCUT2D eigenvalue weighted by Gasteiger charge is 2.15. The van der Waals surface area contributed by atoms with Crippen molar-refractivity contribution in [1.82, 2.24) is 5.32 Å². The van der Waals surface area contributed by atoms with Crippen LogP contribution in [0.1, 0.15) is 19.4 Å². The third kappa shape index (κ3) is 7.19. The number of ether oxygens (including phenoxy) is 2. The fourth-order valence-corrected chi connectivity index (χ4v) is 2.40. The highest BCUT2D eigenvalue weighted by molar-refractivity contribution is 6.30. The lowest BCUT2D eigenvalue weighted by Crippen LogP contribution is -2.30. The molecule has 27 heavy (non-hydrogen) atoms. The van der Waals surface area contributed by atoms with Crippen LogP contribution in [0.5, 0.6) is 5.75 Å². The van der Waals surface area contributed by atoms with Crippen molar-refractivity contribution < 1.29 is 19.1 Å². The lowest BCUT2D eigenvalue weighted by Gasteiger charge is -2.13. The number of hydrogen-bond acceptors (Lipinski definition) is 4. The molecule has 1 atom stereocenters. The monoisotopic (exact) mass is 390 g/mol. The molecule has 0 radical (unpaired) electrons. The molecule has 1 unspecified atom stereocenters. The topological polar surface area (TPSA) is 76.7 Å². The Bertz CT molecular complexity index is 748. The largest absolute Gasteiger partial charge is 0.479 e. The van der Waals surface area contributed by atoms with Crippen molar-refractivity contribution in [2.24, 2.45) is 0 Å². The minimum atomic E-state index is -0.658. The molecule has 0 spiro atoms. The number of benzene rings is 2.